The number of nitrogens with zero attached hydrogens (tertiary/aromatic N) is 2. The number of hydrogen-bond donors (Lipinski definition) is 2. The fourth-order valence-corrected chi connectivity index (χ4v) is 19.3. The largest absolute Gasteiger partial charge is 0.481 e. The molecule has 240 valence electrons. The van der Waals surface area contributed by atoms with E-state index in [0.717, 1.165) is 44.1 Å². The Morgan fingerprint density at radius 2 is 1.07 bits per heavy atom. The highest BCUT2D eigenvalue weighted by Crippen LogP contribution is 2.30. The van der Waals surface area contributed by atoms with Crippen molar-refractivity contribution in [2.45, 2.75) is 89.9 Å². The van der Waals surface area contributed by atoms with Crippen molar-refractivity contribution in [3.05, 3.63) is 12.2 Å². The third kappa shape index (κ3) is 20.2. The second-order valence-corrected chi connectivity index (χ2v) is 26.6. The van der Waals surface area contributed by atoms with Crippen LogP contribution in [0.2, 0.25) is 50.9 Å². The first kappa shape index (κ1) is 39.6. The maximum atomic E-state index is 11.9. The molecule has 0 atom stereocenters. The van der Waals surface area contributed by atoms with Crippen LogP contribution in [0.15, 0.2) is 12.2 Å². The van der Waals surface area contributed by atoms with E-state index in [1.807, 2.05) is 0 Å². The summed E-state index contributed by atoms with van der Waals surface area (Å²) in [6.45, 7) is 19.6. The molecule has 0 heterocycles. The van der Waals surface area contributed by atoms with Gasteiger partial charge in [0.1, 0.15) is 0 Å². The molecule has 41 heavy (non-hydrogen) atoms. The summed E-state index contributed by atoms with van der Waals surface area (Å²) in [6, 6.07) is 2.63. The Morgan fingerprint density at radius 1 is 0.683 bits per heavy atom. The summed E-state index contributed by atoms with van der Waals surface area (Å²) < 4.78 is 20.7. The fourth-order valence-electron chi connectivity index (χ4n) is 4.96. The Labute approximate surface area is 252 Å². The number of carbonyl (C=O) groups is 3. The molecule has 0 aliphatic rings. The molecule has 0 fully saturated rings. The molecule has 0 aromatic carbocycles. The van der Waals surface area contributed by atoms with Gasteiger partial charge in [-0.2, -0.15) is 0 Å². The van der Waals surface area contributed by atoms with Crippen LogP contribution in [0.4, 0.5) is 0 Å². The Morgan fingerprint density at radius 3 is 1.41 bits per heavy atom. The first-order chi connectivity index (χ1) is 18.5. The number of ether oxygens (including phenoxy) is 1. The van der Waals surface area contributed by atoms with Crippen molar-refractivity contribution in [2.24, 2.45) is 0 Å². The zero-order valence-electron chi connectivity index (χ0n) is 27.6. The molecule has 0 saturated carbocycles. The second-order valence-electron chi connectivity index (χ2n) is 14.1. The molecule has 0 spiro atoms. The number of aliphatic carboxylic acids is 2. The van der Waals surface area contributed by atoms with E-state index in [9.17, 15) is 14.4 Å². The van der Waals surface area contributed by atoms with Crippen LogP contribution in [-0.2, 0) is 27.4 Å². The standard InChI is InChI=1S/C28H58N2O8Si3/c1-25(2)28(35)36-21-14-24-41(11,37-39(7,8)22-12-17-29(3,4)19-15-26(31)32)38-40(9,10)23-13-18-30(5,6)20-16-27(33)34/h1,12-24H2,2-11H3/p+2. The van der Waals surface area contributed by atoms with Crippen LogP contribution in [0.1, 0.15) is 39.0 Å². The highest BCUT2D eigenvalue weighted by atomic mass is 28.5. The van der Waals surface area contributed by atoms with Crippen LogP contribution in [0.3, 0.4) is 0 Å². The van der Waals surface area contributed by atoms with Gasteiger partial charge in [0.05, 0.1) is 73.8 Å². The maximum absolute atomic E-state index is 11.9. The van der Waals surface area contributed by atoms with Crippen LogP contribution in [0, 0.1) is 0 Å². The summed E-state index contributed by atoms with van der Waals surface area (Å²) in [6.07, 6.45) is 2.89. The van der Waals surface area contributed by atoms with Crippen molar-refractivity contribution in [1.29, 1.82) is 0 Å². The normalized spacial score (nSPS) is 13.2. The third-order valence-corrected chi connectivity index (χ3v) is 19.5. The zero-order chi connectivity index (χ0) is 32.1. The lowest BCUT2D eigenvalue weighted by Gasteiger charge is -2.41. The summed E-state index contributed by atoms with van der Waals surface area (Å²) in [7, 11) is 1.43. The van der Waals surface area contributed by atoms with Gasteiger partial charge < -0.3 is 32.1 Å². The molecule has 13 heteroatoms. The fraction of sp³-hybridized carbons (Fsp3) is 0.821. The smallest absolute Gasteiger partial charge is 0.333 e. The number of quaternary nitrogens is 2. The molecular weight excluding hydrogens is 577 g/mol. The van der Waals surface area contributed by atoms with E-state index < -0.39 is 37.1 Å². The monoisotopic (exact) mass is 636 g/mol. The maximum Gasteiger partial charge on any atom is 0.333 e. The topological polar surface area (TPSA) is 119 Å². The lowest BCUT2D eigenvalue weighted by atomic mass is 10.3. The molecule has 0 aliphatic carbocycles. The van der Waals surface area contributed by atoms with Gasteiger partial charge in [0.25, 0.3) is 0 Å². The second kappa shape index (κ2) is 17.1. The molecule has 0 rings (SSSR count). The third-order valence-electron chi connectivity index (χ3n) is 7.29. The van der Waals surface area contributed by atoms with E-state index in [1.54, 1.807) is 6.92 Å². The predicted octanol–water partition coefficient (Wildman–Crippen LogP) is 4.89. The van der Waals surface area contributed by atoms with Gasteiger partial charge in [-0.1, -0.05) is 6.58 Å². The molecule has 10 nitrogen and oxygen atoms in total. The van der Waals surface area contributed by atoms with E-state index in [0.29, 0.717) is 40.7 Å². The lowest BCUT2D eigenvalue weighted by molar-refractivity contribution is -0.889. The molecule has 0 aromatic rings. The minimum absolute atomic E-state index is 0.161. The minimum Gasteiger partial charge on any atom is -0.481 e. The van der Waals surface area contributed by atoms with Crippen LogP contribution >= 0.6 is 0 Å². The molecule has 2 N–H and O–H groups in total. The summed E-state index contributed by atoms with van der Waals surface area (Å²) >= 11 is 0. The first-order valence-electron chi connectivity index (χ1n) is 14.8. The van der Waals surface area contributed by atoms with E-state index in [1.165, 1.54) is 0 Å². The van der Waals surface area contributed by atoms with Gasteiger partial charge in [-0.3, -0.25) is 9.59 Å². The summed E-state index contributed by atoms with van der Waals surface area (Å²) in [4.78, 5) is 33.9. The van der Waals surface area contributed by atoms with Gasteiger partial charge in [-0.05, 0) is 77.1 Å². The minimum atomic E-state index is -2.63. The summed E-state index contributed by atoms with van der Waals surface area (Å²) in [5.74, 6) is -1.92. The van der Waals surface area contributed by atoms with Gasteiger partial charge in [-0.25, -0.2) is 4.79 Å². The van der Waals surface area contributed by atoms with E-state index in [4.69, 9.17) is 23.2 Å². The van der Waals surface area contributed by atoms with Gasteiger partial charge in [-0.15, -0.1) is 0 Å². The molecule has 0 unspecified atom stereocenters. The van der Waals surface area contributed by atoms with Crippen molar-refractivity contribution in [2.75, 3.05) is 61.0 Å². The van der Waals surface area contributed by atoms with Crippen molar-refractivity contribution < 1.29 is 46.5 Å². The molecule has 0 saturated heterocycles. The molecular formula is C28H60N2O8Si3+2. The average Bonchev–Trinajstić information content (AvgIpc) is 2.77. The number of hydrogen-bond acceptors (Lipinski definition) is 6. The number of carboxylic acids is 2. The highest BCUT2D eigenvalue weighted by molar-refractivity contribution is 6.88. The summed E-state index contributed by atoms with van der Waals surface area (Å²) in [5, 5.41) is 18.1. The number of rotatable bonds is 23. The average molecular weight is 637 g/mol. The Hall–Kier alpha value is -1.36. The Balaban J connectivity index is 5.37. The van der Waals surface area contributed by atoms with Crippen LogP contribution in [0.25, 0.3) is 0 Å². The van der Waals surface area contributed by atoms with Crippen LogP contribution in [0.5, 0.6) is 0 Å². The molecule has 0 bridgehead atoms. The van der Waals surface area contributed by atoms with Gasteiger partial charge in [0.2, 0.25) is 0 Å². The molecule has 0 aromatic heterocycles. The van der Waals surface area contributed by atoms with Crippen molar-refractivity contribution in [3.8, 4) is 0 Å². The van der Waals surface area contributed by atoms with Crippen molar-refractivity contribution in [3.63, 3.8) is 0 Å². The zero-order valence-corrected chi connectivity index (χ0v) is 30.6. The Kier molecular flexibility index (Phi) is 16.5. The lowest BCUT2D eigenvalue weighted by Crippen LogP contribution is -2.54. The van der Waals surface area contributed by atoms with E-state index in [-0.39, 0.29) is 18.8 Å². The van der Waals surface area contributed by atoms with Crippen molar-refractivity contribution in [1.82, 2.24) is 0 Å². The molecule has 0 amide bonds. The first-order valence-corrected chi connectivity index (χ1v) is 23.5. The molecule has 0 radical (unpaired) electrons. The van der Waals surface area contributed by atoms with Crippen molar-refractivity contribution >= 4 is 43.1 Å². The van der Waals surface area contributed by atoms with Crippen LogP contribution < -0.4 is 0 Å². The van der Waals surface area contributed by atoms with E-state index in [2.05, 4.69) is 67.5 Å². The SMILES string of the molecule is C=C(C)C(=O)OCCC[Si](C)(O[Si](C)(C)CCC[N+](C)(C)CCC(=O)O)O[Si](C)(C)CCC[N+](C)(C)CCC(=O)O. The number of esters is 1. The van der Waals surface area contributed by atoms with Gasteiger partial charge >= 0.3 is 26.5 Å². The number of carboxylic acid groups (broad SMARTS) is 2. The highest BCUT2D eigenvalue weighted by Gasteiger charge is 2.43. The van der Waals surface area contributed by atoms with E-state index >= 15 is 0 Å². The van der Waals surface area contributed by atoms with Crippen LogP contribution in [-0.4, -0.2) is 123 Å². The molecule has 0 aliphatic heterocycles. The van der Waals surface area contributed by atoms with Gasteiger partial charge in [0.15, 0.2) is 16.6 Å². The Bertz CT molecular complexity index is 828. The quantitative estimate of drug-likeness (QED) is 0.0535. The predicted molar refractivity (Wildman–Crippen MR) is 171 cm³/mol. The van der Waals surface area contributed by atoms with Gasteiger partial charge in [0, 0.05) is 5.57 Å². The summed E-state index contributed by atoms with van der Waals surface area (Å²) in [5.41, 5.74) is 0.383. The number of carbonyl (C=O) groups excluding carboxylic acids is 1.